The van der Waals surface area contributed by atoms with Gasteiger partial charge in [0.2, 0.25) is 0 Å². The topological polar surface area (TPSA) is 78.4 Å². The summed E-state index contributed by atoms with van der Waals surface area (Å²) in [6.45, 7) is 0. The largest absolute Gasteiger partial charge is 0.493 e. The molecule has 0 saturated carbocycles. The lowest BCUT2D eigenvalue weighted by Crippen LogP contribution is -1.97. The molecule has 0 unspecified atom stereocenters. The number of rotatable bonds is 7. The summed E-state index contributed by atoms with van der Waals surface area (Å²) in [5.41, 5.74) is 2.50. The number of hydrogen-bond acceptors (Lipinski definition) is 7. The van der Waals surface area contributed by atoms with Crippen molar-refractivity contribution in [1.82, 2.24) is 15.2 Å². The van der Waals surface area contributed by atoms with Crippen LogP contribution in [0.1, 0.15) is 0 Å². The van der Waals surface area contributed by atoms with Crippen LogP contribution < -0.4 is 19.5 Å². The molecule has 0 bridgehead atoms. The van der Waals surface area contributed by atoms with Crippen molar-refractivity contribution in [3.05, 3.63) is 89.8 Å². The lowest BCUT2D eigenvalue weighted by Gasteiger charge is -2.13. The van der Waals surface area contributed by atoms with Crippen molar-refractivity contribution >= 4 is 34.0 Å². The third-order valence-electron chi connectivity index (χ3n) is 5.42. The summed E-state index contributed by atoms with van der Waals surface area (Å²) < 4.78 is 31.7. The number of halogens is 2. The van der Waals surface area contributed by atoms with Crippen LogP contribution in [0, 0.1) is 5.82 Å². The molecule has 0 saturated heterocycles. The minimum atomic E-state index is -0.541. The van der Waals surface area contributed by atoms with E-state index in [4.69, 9.17) is 25.8 Å². The minimum Gasteiger partial charge on any atom is -0.493 e. The van der Waals surface area contributed by atoms with E-state index in [-0.39, 0.29) is 5.75 Å². The van der Waals surface area contributed by atoms with Gasteiger partial charge in [0.15, 0.2) is 28.9 Å². The van der Waals surface area contributed by atoms with E-state index in [1.54, 1.807) is 75.0 Å². The number of aromatic nitrogens is 3. The van der Waals surface area contributed by atoms with Crippen LogP contribution in [0.3, 0.4) is 0 Å². The van der Waals surface area contributed by atoms with Crippen molar-refractivity contribution in [2.75, 3.05) is 19.5 Å². The van der Waals surface area contributed by atoms with E-state index in [9.17, 15) is 0 Å². The predicted molar refractivity (Wildman–Crippen MR) is 137 cm³/mol. The maximum absolute atomic E-state index is 15.0. The molecule has 7 nitrogen and oxygen atoms in total. The minimum absolute atomic E-state index is 0.0632. The molecule has 0 radical (unpaired) electrons. The molecule has 2 aromatic heterocycles. The number of hydrogen-bond donors (Lipinski definition) is 1. The fourth-order valence-electron chi connectivity index (χ4n) is 3.66. The zero-order valence-electron chi connectivity index (χ0n) is 19.3. The van der Waals surface area contributed by atoms with Crippen LogP contribution in [0.25, 0.3) is 22.2 Å². The first kappa shape index (κ1) is 23.3. The van der Waals surface area contributed by atoms with Crippen molar-refractivity contribution in [2.24, 2.45) is 0 Å². The first-order valence-electron chi connectivity index (χ1n) is 10.9. The second kappa shape index (κ2) is 10.1. The van der Waals surface area contributed by atoms with Gasteiger partial charge < -0.3 is 19.5 Å². The molecule has 0 aliphatic heterocycles. The highest BCUT2D eigenvalue weighted by Gasteiger charge is 2.14. The van der Waals surface area contributed by atoms with Gasteiger partial charge in [0.25, 0.3) is 0 Å². The van der Waals surface area contributed by atoms with Crippen molar-refractivity contribution < 1.29 is 18.6 Å². The third-order valence-corrected chi connectivity index (χ3v) is 5.65. The first-order valence-corrected chi connectivity index (χ1v) is 11.3. The van der Waals surface area contributed by atoms with Crippen LogP contribution in [0.15, 0.2) is 79.0 Å². The smallest absolute Gasteiger partial charge is 0.166 e. The molecule has 0 spiro atoms. The van der Waals surface area contributed by atoms with E-state index in [1.165, 1.54) is 6.07 Å². The molecule has 9 heteroatoms. The van der Waals surface area contributed by atoms with Gasteiger partial charge in [0.1, 0.15) is 5.75 Å². The fourth-order valence-corrected chi connectivity index (χ4v) is 3.86. The van der Waals surface area contributed by atoms with Crippen molar-refractivity contribution in [3.8, 4) is 34.3 Å². The fraction of sp³-hybridized carbons (Fsp3) is 0.0741. The summed E-state index contributed by atoms with van der Waals surface area (Å²) in [6, 6.07) is 20.6. The monoisotopic (exact) mass is 502 g/mol. The predicted octanol–water partition coefficient (Wildman–Crippen LogP) is 7.04. The van der Waals surface area contributed by atoms with E-state index in [0.717, 1.165) is 5.69 Å². The van der Waals surface area contributed by atoms with Crippen LogP contribution in [-0.2, 0) is 0 Å². The molecule has 36 heavy (non-hydrogen) atoms. The highest BCUT2D eigenvalue weighted by atomic mass is 35.5. The maximum atomic E-state index is 15.0. The summed E-state index contributed by atoms with van der Waals surface area (Å²) in [6.07, 6.45) is 1.59. The average molecular weight is 503 g/mol. The summed E-state index contributed by atoms with van der Waals surface area (Å²) in [7, 11) is 3.09. The number of methoxy groups -OCH3 is 2. The van der Waals surface area contributed by atoms with Gasteiger partial charge in [0.05, 0.1) is 25.4 Å². The normalized spacial score (nSPS) is 10.8. The molecule has 1 N–H and O–H groups in total. The molecule has 5 aromatic rings. The Labute approximate surface area is 211 Å². The summed E-state index contributed by atoms with van der Waals surface area (Å²) >= 11 is 6.01. The number of nitrogens with one attached hydrogen (secondary N) is 1. The molecule has 3 aromatic carbocycles. The van der Waals surface area contributed by atoms with Gasteiger partial charge in [-0.05, 0) is 60.7 Å². The Morgan fingerprint density at radius 1 is 0.806 bits per heavy atom. The molecular weight excluding hydrogens is 483 g/mol. The molecule has 0 atom stereocenters. The molecule has 180 valence electrons. The first-order chi connectivity index (χ1) is 17.5. The molecule has 0 amide bonds. The average Bonchev–Trinajstić information content (AvgIpc) is 2.89. The Morgan fingerprint density at radius 3 is 2.36 bits per heavy atom. The van der Waals surface area contributed by atoms with Gasteiger partial charge in [-0.3, -0.25) is 4.98 Å². The van der Waals surface area contributed by atoms with Crippen molar-refractivity contribution in [2.45, 2.75) is 0 Å². The highest BCUT2D eigenvalue weighted by molar-refractivity contribution is 6.30. The van der Waals surface area contributed by atoms with Gasteiger partial charge >= 0.3 is 0 Å². The molecule has 0 aliphatic rings. The zero-order chi connectivity index (χ0) is 25.1. The number of pyridine rings is 1. The van der Waals surface area contributed by atoms with Gasteiger partial charge in [-0.2, -0.15) is 0 Å². The maximum Gasteiger partial charge on any atom is 0.166 e. The summed E-state index contributed by atoms with van der Waals surface area (Å²) in [5.74, 6) is 1.56. The van der Waals surface area contributed by atoms with Crippen LogP contribution in [0.5, 0.6) is 23.0 Å². The van der Waals surface area contributed by atoms with E-state index in [2.05, 4.69) is 20.5 Å². The van der Waals surface area contributed by atoms with Gasteiger partial charge in [0, 0.05) is 33.9 Å². The molecule has 5 rings (SSSR count). The highest BCUT2D eigenvalue weighted by Crippen LogP contribution is 2.37. The standard InChI is InChI=1S/C27H20ClFN4O3/c1-34-25-14-19-22(15-26(25)35-2)30-11-10-23(19)36-24-8-6-16(12-20(24)29)21-7-9-27(33-32-21)31-18-5-3-4-17(28)13-18/h3-15H,1-2H3,(H,31,33). The number of benzene rings is 3. The summed E-state index contributed by atoms with van der Waals surface area (Å²) in [5, 5.41) is 12.8. The van der Waals surface area contributed by atoms with Crippen molar-refractivity contribution in [3.63, 3.8) is 0 Å². The molecule has 0 aliphatic carbocycles. The Balaban J connectivity index is 1.38. The van der Waals surface area contributed by atoms with E-state index < -0.39 is 5.82 Å². The second-order valence-electron chi connectivity index (χ2n) is 7.72. The van der Waals surface area contributed by atoms with Crippen molar-refractivity contribution in [1.29, 1.82) is 0 Å². The SMILES string of the molecule is COc1cc2nccc(Oc3ccc(-c4ccc(Nc5cccc(Cl)c5)nn4)cc3F)c2cc1OC. The van der Waals surface area contributed by atoms with Gasteiger partial charge in [-0.15, -0.1) is 10.2 Å². The number of nitrogens with zero attached hydrogens (tertiary/aromatic N) is 3. The number of fused-ring (bicyclic) bond motifs is 1. The Kier molecular flexibility index (Phi) is 6.51. The lowest BCUT2D eigenvalue weighted by atomic mass is 10.1. The van der Waals surface area contributed by atoms with Crippen LogP contribution in [0.2, 0.25) is 5.02 Å². The third kappa shape index (κ3) is 4.85. The summed E-state index contributed by atoms with van der Waals surface area (Å²) in [4.78, 5) is 4.35. The van der Waals surface area contributed by atoms with Crippen LogP contribution in [-0.4, -0.2) is 29.4 Å². The van der Waals surface area contributed by atoms with Crippen LogP contribution >= 0.6 is 11.6 Å². The molecular formula is C27H20ClFN4O3. The van der Waals surface area contributed by atoms with Gasteiger partial charge in [-0.1, -0.05) is 17.7 Å². The molecule has 2 heterocycles. The quantitative estimate of drug-likeness (QED) is 0.256. The molecule has 0 fully saturated rings. The lowest BCUT2D eigenvalue weighted by molar-refractivity contribution is 0.355. The Hall–Kier alpha value is -4.43. The zero-order valence-corrected chi connectivity index (χ0v) is 20.1. The number of anilines is 2. The number of ether oxygens (including phenoxy) is 3. The second-order valence-corrected chi connectivity index (χ2v) is 8.16. The Bertz CT molecular complexity index is 1550. The van der Waals surface area contributed by atoms with Crippen LogP contribution in [0.4, 0.5) is 15.9 Å². The van der Waals surface area contributed by atoms with E-state index >= 15 is 4.39 Å². The van der Waals surface area contributed by atoms with Gasteiger partial charge in [-0.25, -0.2) is 4.39 Å². The van der Waals surface area contributed by atoms with E-state index in [0.29, 0.717) is 50.2 Å². The Morgan fingerprint density at radius 2 is 1.64 bits per heavy atom. The van der Waals surface area contributed by atoms with E-state index in [1.807, 2.05) is 12.1 Å².